The van der Waals surface area contributed by atoms with Gasteiger partial charge in [0.15, 0.2) is 5.96 Å². The monoisotopic (exact) mass is 319 g/mol. The van der Waals surface area contributed by atoms with Gasteiger partial charge in [-0.25, -0.2) is 4.99 Å². The van der Waals surface area contributed by atoms with E-state index < -0.39 is 0 Å². The van der Waals surface area contributed by atoms with Gasteiger partial charge < -0.3 is 19.7 Å². The molecular weight excluding hydrogens is 290 g/mol. The number of benzene rings is 1. The molecule has 1 aromatic carbocycles. The molecule has 1 aromatic rings. The molecule has 5 heteroatoms. The van der Waals surface area contributed by atoms with Gasteiger partial charge >= 0.3 is 0 Å². The number of aliphatic imine (C=N–C) groups is 1. The Morgan fingerprint density at radius 2 is 2.26 bits per heavy atom. The largest absolute Gasteiger partial charge is 0.494 e. The number of nitrogens with zero attached hydrogens (tertiary/aromatic N) is 2. The molecule has 1 saturated heterocycles. The van der Waals surface area contributed by atoms with Crippen molar-refractivity contribution in [2.45, 2.75) is 26.8 Å². The van der Waals surface area contributed by atoms with Crippen molar-refractivity contribution >= 4 is 5.96 Å². The number of hydrogen-bond donors (Lipinski definition) is 1. The van der Waals surface area contributed by atoms with Gasteiger partial charge in [-0.2, -0.15) is 0 Å². The van der Waals surface area contributed by atoms with Crippen molar-refractivity contribution in [2.24, 2.45) is 10.9 Å². The molecule has 1 aliphatic heterocycles. The third kappa shape index (κ3) is 5.43. The highest BCUT2D eigenvalue weighted by molar-refractivity contribution is 5.80. The molecule has 0 bridgehead atoms. The molecule has 1 unspecified atom stereocenters. The molecule has 1 heterocycles. The van der Waals surface area contributed by atoms with Crippen molar-refractivity contribution in [2.75, 3.05) is 40.0 Å². The highest BCUT2D eigenvalue weighted by Crippen LogP contribution is 2.17. The molecule has 0 aromatic heterocycles. The number of hydrogen-bond acceptors (Lipinski definition) is 3. The van der Waals surface area contributed by atoms with Crippen molar-refractivity contribution in [3.8, 4) is 5.75 Å². The zero-order valence-electron chi connectivity index (χ0n) is 14.5. The van der Waals surface area contributed by atoms with Crippen LogP contribution in [0.1, 0.15) is 25.8 Å². The van der Waals surface area contributed by atoms with Gasteiger partial charge in [-0.15, -0.1) is 0 Å². The second-order valence-corrected chi connectivity index (χ2v) is 5.81. The highest BCUT2D eigenvalue weighted by atomic mass is 16.5. The van der Waals surface area contributed by atoms with Crippen LogP contribution in [0.3, 0.4) is 0 Å². The Hall–Kier alpha value is -1.75. The number of methoxy groups -OCH3 is 1. The van der Waals surface area contributed by atoms with E-state index in [-0.39, 0.29) is 0 Å². The minimum absolute atomic E-state index is 0.602. The summed E-state index contributed by atoms with van der Waals surface area (Å²) in [5.74, 6) is 2.50. The molecule has 0 aliphatic carbocycles. The summed E-state index contributed by atoms with van der Waals surface area (Å²) < 4.78 is 10.8. The number of likely N-dealkylation sites (tertiary alicyclic amines) is 1. The van der Waals surface area contributed by atoms with E-state index in [9.17, 15) is 0 Å². The van der Waals surface area contributed by atoms with Gasteiger partial charge in [0.1, 0.15) is 5.75 Å². The zero-order valence-corrected chi connectivity index (χ0v) is 14.5. The van der Waals surface area contributed by atoms with Crippen molar-refractivity contribution in [3.63, 3.8) is 0 Å². The van der Waals surface area contributed by atoms with Crippen molar-refractivity contribution in [1.29, 1.82) is 0 Å². The van der Waals surface area contributed by atoms with E-state index in [1.807, 2.05) is 19.1 Å². The Kier molecular flexibility index (Phi) is 7.20. The fourth-order valence-electron chi connectivity index (χ4n) is 2.89. The average molecular weight is 319 g/mol. The summed E-state index contributed by atoms with van der Waals surface area (Å²) >= 11 is 0. The second-order valence-electron chi connectivity index (χ2n) is 5.81. The van der Waals surface area contributed by atoms with E-state index in [1.54, 1.807) is 7.11 Å². The maximum atomic E-state index is 5.55. The minimum atomic E-state index is 0.602. The zero-order chi connectivity index (χ0) is 16.5. The third-order valence-electron chi connectivity index (χ3n) is 3.94. The summed E-state index contributed by atoms with van der Waals surface area (Å²) in [4.78, 5) is 7.13. The normalized spacial score (nSPS) is 18.3. The Morgan fingerprint density at radius 1 is 1.39 bits per heavy atom. The van der Waals surface area contributed by atoms with Gasteiger partial charge in [0.25, 0.3) is 0 Å². The van der Waals surface area contributed by atoms with Crippen LogP contribution in [-0.2, 0) is 11.3 Å². The molecule has 23 heavy (non-hydrogen) atoms. The smallest absolute Gasteiger partial charge is 0.194 e. The van der Waals surface area contributed by atoms with Gasteiger partial charge in [-0.05, 0) is 38.0 Å². The number of ether oxygens (including phenoxy) is 2. The Morgan fingerprint density at radius 3 is 3.00 bits per heavy atom. The highest BCUT2D eigenvalue weighted by Gasteiger charge is 2.24. The third-order valence-corrected chi connectivity index (χ3v) is 3.94. The van der Waals surface area contributed by atoms with Crippen LogP contribution in [0.4, 0.5) is 0 Å². The fraction of sp³-hybridized carbons (Fsp3) is 0.611. The van der Waals surface area contributed by atoms with Crippen LogP contribution in [0.15, 0.2) is 29.3 Å². The van der Waals surface area contributed by atoms with Crippen LogP contribution in [0.5, 0.6) is 5.75 Å². The van der Waals surface area contributed by atoms with E-state index in [4.69, 9.17) is 14.5 Å². The molecule has 1 N–H and O–H groups in total. The van der Waals surface area contributed by atoms with Crippen molar-refractivity contribution < 1.29 is 9.47 Å². The van der Waals surface area contributed by atoms with Crippen LogP contribution < -0.4 is 10.1 Å². The van der Waals surface area contributed by atoms with Crippen LogP contribution >= 0.6 is 0 Å². The lowest BCUT2D eigenvalue weighted by molar-refractivity contribution is 0.157. The SMILES string of the molecule is CCNC(=NCc1cccc(OCC)c1)N1CCC(COC)C1. The quantitative estimate of drug-likeness (QED) is 0.620. The molecule has 0 saturated carbocycles. The van der Waals surface area contributed by atoms with Crippen molar-refractivity contribution in [3.05, 3.63) is 29.8 Å². The minimum Gasteiger partial charge on any atom is -0.494 e. The standard InChI is InChI=1S/C18H29N3O2/c1-4-19-18(21-10-9-16(13-21)14-22-3)20-12-15-7-6-8-17(11-15)23-5-2/h6-8,11,16H,4-5,9-10,12-14H2,1-3H3,(H,19,20). The summed E-state index contributed by atoms with van der Waals surface area (Å²) in [6.07, 6.45) is 1.16. The Bertz CT molecular complexity index is 505. The molecule has 128 valence electrons. The molecule has 5 nitrogen and oxygen atoms in total. The first-order valence-corrected chi connectivity index (χ1v) is 8.50. The fourth-order valence-corrected chi connectivity index (χ4v) is 2.89. The van der Waals surface area contributed by atoms with Gasteiger partial charge in [0.2, 0.25) is 0 Å². The van der Waals surface area contributed by atoms with Crippen LogP contribution in [0, 0.1) is 5.92 Å². The summed E-state index contributed by atoms with van der Waals surface area (Å²) in [7, 11) is 1.77. The predicted molar refractivity (Wildman–Crippen MR) is 94.0 cm³/mol. The Labute approximate surface area is 139 Å². The maximum absolute atomic E-state index is 5.55. The molecule has 0 spiro atoms. The first kappa shape index (κ1) is 17.6. The lowest BCUT2D eigenvalue weighted by atomic mass is 10.1. The lowest BCUT2D eigenvalue weighted by Crippen LogP contribution is -2.40. The van der Waals surface area contributed by atoms with E-state index >= 15 is 0 Å². The summed E-state index contributed by atoms with van der Waals surface area (Å²) in [6.45, 7) is 9.21. The average Bonchev–Trinajstić information content (AvgIpc) is 3.01. The maximum Gasteiger partial charge on any atom is 0.194 e. The Balaban J connectivity index is 2.00. The molecule has 0 radical (unpaired) electrons. The molecule has 1 aliphatic rings. The summed E-state index contributed by atoms with van der Waals surface area (Å²) in [6, 6.07) is 8.16. The lowest BCUT2D eigenvalue weighted by Gasteiger charge is -2.21. The predicted octanol–water partition coefficient (Wildman–Crippen LogP) is 2.52. The number of nitrogens with one attached hydrogen (secondary N) is 1. The summed E-state index contributed by atoms with van der Waals surface area (Å²) in [5.41, 5.74) is 1.17. The van der Waals surface area contributed by atoms with E-state index in [2.05, 4.69) is 29.3 Å². The van der Waals surface area contributed by atoms with Gasteiger partial charge in [0, 0.05) is 32.7 Å². The topological polar surface area (TPSA) is 46.1 Å². The molecule has 1 atom stereocenters. The van der Waals surface area contributed by atoms with Gasteiger partial charge in [0.05, 0.1) is 19.8 Å². The van der Waals surface area contributed by atoms with E-state index in [0.29, 0.717) is 19.1 Å². The van der Waals surface area contributed by atoms with E-state index in [1.165, 1.54) is 5.56 Å². The molecule has 1 fully saturated rings. The van der Waals surface area contributed by atoms with E-state index in [0.717, 1.165) is 44.4 Å². The number of rotatable bonds is 7. The first-order chi connectivity index (χ1) is 11.3. The van der Waals surface area contributed by atoms with Crippen LogP contribution in [0.25, 0.3) is 0 Å². The summed E-state index contributed by atoms with van der Waals surface area (Å²) in [5, 5.41) is 3.40. The first-order valence-electron chi connectivity index (χ1n) is 8.50. The molecule has 2 rings (SSSR count). The molecular formula is C18H29N3O2. The van der Waals surface area contributed by atoms with Crippen LogP contribution in [-0.4, -0.2) is 50.8 Å². The van der Waals surface area contributed by atoms with Gasteiger partial charge in [-0.1, -0.05) is 12.1 Å². The van der Waals surface area contributed by atoms with Crippen LogP contribution in [0.2, 0.25) is 0 Å². The number of guanidine groups is 1. The second kappa shape index (κ2) is 9.40. The molecule has 0 amide bonds. The van der Waals surface area contributed by atoms with Gasteiger partial charge in [-0.3, -0.25) is 0 Å². The van der Waals surface area contributed by atoms with Crippen molar-refractivity contribution in [1.82, 2.24) is 10.2 Å².